The molecule has 0 aliphatic carbocycles. The zero-order chi connectivity index (χ0) is 18.3. The van der Waals surface area contributed by atoms with Gasteiger partial charge in [-0.1, -0.05) is 44.2 Å². The maximum atomic E-state index is 12.1. The number of rotatable bonds is 7. The zero-order valence-corrected chi connectivity index (χ0v) is 15.2. The van der Waals surface area contributed by atoms with Gasteiger partial charge in [0, 0.05) is 11.7 Å². The lowest BCUT2D eigenvalue weighted by molar-refractivity contribution is -0.155. The summed E-state index contributed by atoms with van der Waals surface area (Å²) in [6.45, 7) is 9.53. The number of hydrogen-bond acceptors (Lipinski definition) is 4. The molecule has 0 N–H and O–H groups in total. The topological polar surface area (TPSA) is 52.6 Å². The van der Waals surface area contributed by atoms with E-state index in [9.17, 15) is 9.59 Å². The lowest BCUT2D eigenvalue weighted by Crippen LogP contribution is -2.27. The highest BCUT2D eigenvalue weighted by Gasteiger charge is 2.25. The summed E-state index contributed by atoms with van der Waals surface area (Å²) in [5.41, 5.74) is 0.457. The Hall–Kier alpha value is -1.78. The molecule has 1 rings (SSSR count). The molecule has 3 unspecified atom stereocenters. The van der Waals surface area contributed by atoms with Crippen molar-refractivity contribution < 1.29 is 19.1 Å². The molecule has 3 atom stereocenters. The summed E-state index contributed by atoms with van der Waals surface area (Å²) in [7, 11) is 6.00. The average molecular weight is 330 g/mol. The van der Waals surface area contributed by atoms with Crippen LogP contribution in [0.15, 0.2) is 30.3 Å². The fraction of sp³-hybridized carbons (Fsp3) is 0.579. The van der Waals surface area contributed by atoms with Crippen LogP contribution < -0.4 is 0 Å². The first-order valence-corrected chi connectivity index (χ1v) is 8.27. The van der Waals surface area contributed by atoms with E-state index >= 15 is 0 Å². The molecule has 0 aromatic heterocycles. The minimum Gasteiger partial charge on any atom is -0.466 e. The molecule has 0 saturated carbocycles. The number of carbonyl (C=O) groups excluding carboxylic acids is 2. The lowest BCUT2D eigenvalue weighted by atomic mass is 9.74. The highest BCUT2D eigenvalue weighted by atomic mass is 16.5. The molecule has 0 saturated heterocycles. The highest BCUT2D eigenvalue weighted by Crippen LogP contribution is 2.27. The van der Waals surface area contributed by atoms with Gasteiger partial charge in [0.1, 0.15) is 0 Å². The minimum absolute atomic E-state index is 0.0838. The van der Waals surface area contributed by atoms with Crippen LogP contribution in [-0.4, -0.2) is 33.0 Å². The van der Waals surface area contributed by atoms with Gasteiger partial charge in [-0.25, -0.2) is 0 Å². The number of hydrogen-bond donors (Lipinski definition) is 0. The van der Waals surface area contributed by atoms with Gasteiger partial charge < -0.3 is 9.47 Å². The van der Waals surface area contributed by atoms with Crippen LogP contribution >= 0.6 is 0 Å². The van der Waals surface area contributed by atoms with Gasteiger partial charge in [-0.3, -0.25) is 9.59 Å². The van der Waals surface area contributed by atoms with Gasteiger partial charge >= 0.3 is 11.9 Å². The van der Waals surface area contributed by atoms with Crippen LogP contribution in [0.25, 0.3) is 0 Å². The summed E-state index contributed by atoms with van der Waals surface area (Å²) < 4.78 is 10.5. The van der Waals surface area contributed by atoms with Crippen molar-refractivity contribution in [1.82, 2.24) is 0 Å². The molecule has 24 heavy (non-hydrogen) atoms. The number of esters is 2. The van der Waals surface area contributed by atoms with Crippen molar-refractivity contribution in [3.63, 3.8) is 0 Å². The van der Waals surface area contributed by atoms with E-state index in [0.29, 0.717) is 0 Å². The number of carbonyl (C=O) groups is 2. The van der Waals surface area contributed by atoms with Gasteiger partial charge in [-0.05, 0) is 32.3 Å². The summed E-state index contributed by atoms with van der Waals surface area (Å²) in [5.74, 6) is -1.65. The van der Waals surface area contributed by atoms with Gasteiger partial charge in [0.15, 0.2) is 0 Å². The smallest absolute Gasteiger partial charge is 0.311 e. The second kappa shape index (κ2) is 8.90. The molecule has 1 aromatic rings. The largest absolute Gasteiger partial charge is 0.466 e. The Morgan fingerprint density at radius 1 is 1.04 bits per heavy atom. The molecule has 0 aliphatic rings. The standard InChI is InChI=1S/C19H27BO4/c1-13(12-24-18(22)19(3,4)5)11-23-17(21)16(20)14(2)15-9-7-6-8-10-15/h6-10,13-14,16H,11-12H2,1-5H3. The lowest BCUT2D eigenvalue weighted by Gasteiger charge is -2.22. The maximum Gasteiger partial charge on any atom is 0.311 e. The fourth-order valence-corrected chi connectivity index (χ4v) is 1.97. The van der Waals surface area contributed by atoms with Crippen molar-refractivity contribution in [3.05, 3.63) is 35.9 Å². The summed E-state index contributed by atoms with van der Waals surface area (Å²) in [4.78, 5) is 23.8. The van der Waals surface area contributed by atoms with Crippen LogP contribution in [0.2, 0.25) is 5.82 Å². The molecule has 0 fully saturated rings. The van der Waals surface area contributed by atoms with E-state index in [-0.39, 0.29) is 31.0 Å². The van der Waals surface area contributed by atoms with Crippen molar-refractivity contribution in [2.24, 2.45) is 11.3 Å². The monoisotopic (exact) mass is 330 g/mol. The predicted octanol–water partition coefficient (Wildman–Crippen LogP) is 3.52. The Balaban J connectivity index is 2.41. The van der Waals surface area contributed by atoms with Crippen LogP contribution in [0.1, 0.15) is 46.1 Å². The third kappa shape index (κ3) is 6.38. The van der Waals surface area contributed by atoms with E-state index in [1.54, 1.807) is 20.8 Å². The number of ether oxygens (including phenoxy) is 2. The van der Waals surface area contributed by atoms with Gasteiger partial charge in [0.2, 0.25) is 0 Å². The van der Waals surface area contributed by atoms with Crippen molar-refractivity contribution >= 4 is 19.8 Å². The molecule has 130 valence electrons. The van der Waals surface area contributed by atoms with Gasteiger partial charge in [0.25, 0.3) is 0 Å². The van der Waals surface area contributed by atoms with E-state index in [1.807, 2.05) is 44.2 Å². The third-order valence-electron chi connectivity index (χ3n) is 3.76. The van der Waals surface area contributed by atoms with E-state index in [4.69, 9.17) is 17.3 Å². The van der Waals surface area contributed by atoms with Crippen molar-refractivity contribution in [3.8, 4) is 0 Å². The molecule has 0 heterocycles. The van der Waals surface area contributed by atoms with Crippen LogP contribution in [0.4, 0.5) is 0 Å². The van der Waals surface area contributed by atoms with Crippen LogP contribution in [0.3, 0.4) is 0 Å². The Morgan fingerprint density at radius 2 is 1.58 bits per heavy atom. The van der Waals surface area contributed by atoms with Crippen LogP contribution in [0, 0.1) is 11.3 Å². The highest BCUT2D eigenvalue weighted by molar-refractivity contribution is 6.23. The van der Waals surface area contributed by atoms with Crippen LogP contribution in [0.5, 0.6) is 0 Å². The first-order chi connectivity index (χ1) is 11.1. The van der Waals surface area contributed by atoms with Crippen molar-refractivity contribution in [2.45, 2.75) is 46.4 Å². The second-order valence-corrected chi connectivity index (χ2v) is 7.31. The Bertz CT molecular complexity index is 536. The first kappa shape index (κ1) is 20.3. The minimum atomic E-state index is -0.725. The van der Waals surface area contributed by atoms with Crippen molar-refractivity contribution in [1.29, 1.82) is 0 Å². The van der Waals surface area contributed by atoms with Gasteiger partial charge in [-0.2, -0.15) is 0 Å². The molecule has 4 nitrogen and oxygen atoms in total. The molecule has 0 bridgehead atoms. The summed E-state index contributed by atoms with van der Waals surface area (Å²) in [6, 6.07) is 9.62. The van der Waals surface area contributed by atoms with E-state index in [0.717, 1.165) is 5.56 Å². The van der Waals surface area contributed by atoms with E-state index in [1.165, 1.54) is 0 Å². The first-order valence-electron chi connectivity index (χ1n) is 8.27. The normalized spacial score (nSPS) is 15.2. The number of benzene rings is 1. The average Bonchev–Trinajstić information content (AvgIpc) is 2.55. The quantitative estimate of drug-likeness (QED) is 0.567. The Morgan fingerprint density at radius 3 is 2.12 bits per heavy atom. The molecule has 1 aromatic carbocycles. The maximum absolute atomic E-state index is 12.1. The van der Waals surface area contributed by atoms with Gasteiger partial charge in [0.05, 0.1) is 26.5 Å². The SMILES string of the molecule is [B]C(C(=O)OCC(C)COC(=O)C(C)(C)C)C(C)c1ccccc1. The molecule has 2 radical (unpaired) electrons. The molecule has 0 amide bonds. The van der Waals surface area contributed by atoms with Crippen molar-refractivity contribution in [2.75, 3.05) is 13.2 Å². The Kier molecular flexibility index (Phi) is 7.52. The van der Waals surface area contributed by atoms with E-state index in [2.05, 4.69) is 0 Å². The zero-order valence-electron chi connectivity index (χ0n) is 15.2. The molecule has 0 spiro atoms. The summed E-state index contributed by atoms with van der Waals surface area (Å²) in [5, 5.41) is 0. The summed E-state index contributed by atoms with van der Waals surface area (Å²) in [6.07, 6.45) is 0. The van der Waals surface area contributed by atoms with E-state index < -0.39 is 17.2 Å². The summed E-state index contributed by atoms with van der Waals surface area (Å²) >= 11 is 0. The Labute approximate surface area is 146 Å². The molecular weight excluding hydrogens is 303 g/mol. The predicted molar refractivity (Wildman–Crippen MR) is 94.9 cm³/mol. The fourth-order valence-electron chi connectivity index (χ4n) is 1.97. The van der Waals surface area contributed by atoms with Crippen LogP contribution in [-0.2, 0) is 19.1 Å². The third-order valence-corrected chi connectivity index (χ3v) is 3.76. The molecule has 5 heteroatoms. The van der Waals surface area contributed by atoms with Gasteiger partial charge in [-0.15, -0.1) is 0 Å². The second-order valence-electron chi connectivity index (χ2n) is 7.31. The molecule has 0 aliphatic heterocycles. The molecular formula is C19H27BO4.